The zero-order valence-corrected chi connectivity index (χ0v) is 13.1. The molecule has 2 heterocycles. The summed E-state index contributed by atoms with van der Waals surface area (Å²) in [7, 11) is 0. The van der Waals surface area contributed by atoms with E-state index in [1.54, 1.807) is 6.20 Å². The van der Waals surface area contributed by atoms with E-state index >= 15 is 0 Å². The fraction of sp³-hybridized carbons (Fsp3) is 0.357. The van der Waals surface area contributed by atoms with E-state index in [9.17, 15) is 4.79 Å². The van der Waals surface area contributed by atoms with Gasteiger partial charge in [-0.05, 0) is 44.2 Å². The number of aromatic amines is 1. The third kappa shape index (κ3) is 4.87. The third-order valence-electron chi connectivity index (χ3n) is 2.59. The summed E-state index contributed by atoms with van der Waals surface area (Å²) in [5, 5.41) is 4.65. The molecule has 0 bridgehead atoms. The van der Waals surface area contributed by atoms with Gasteiger partial charge < -0.3 is 16.0 Å². The van der Waals surface area contributed by atoms with Crippen molar-refractivity contribution in [1.82, 2.24) is 20.3 Å². The lowest BCUT2D eigenvalue weighted by Gasteiger charge is -2.21. The molecule has 0 unspecified atom stereocenters. The number of nitrogens with two attached hydrogens (primary N) is 1. The van der Waals surface area contributed by atoms with Gasteiger partial charge in [0.25, 0.3) is 5.56 Å². The van der Waals surface area contributed by atoms with Crippen LogP contribution in [0, 0.1) is 0 Å². The minimum absolute atomic E-state index is 0.0154. The Morgan fingerprint density at radius 3 is 2.86 bits per heavy atom. The maximum Gasteiger partial charge on any atom is 0.253 e. The Labute approximate surface area is 127 Å². The van der Waals surface area contributed by atoms with Crippen molar-refractivity contribution < 1.29 is 0 Å². The summed E-state index contributed by atoms with van der Waals surface area (Å²) in [6.45, 7) is 7.00. The van der Waals surface area contributed by atoms with Gasteiger partial charge in [-0.3, -0.25) is 4.79 Å². The van der Waals surface area contributed by atoms with Gasteiger partial charge in [0.15, 0.2) is 5.16 Å². The van der Waals surface area contributed by atoms with E-state index in [0.717, 1.165) is 10.6 Å². The molecule has 7 heteroatoms. The summed E-state index contributed by atoms with van der Waals surface area (Å²) < 4.78 is 0. The summed E-state index contributed by atoms with van der Waals surface area (Å²) >= 11 is 1.30. The quantitative estimate of drug-likeness (QED) is 0.745. The molecular weight excluding hydrogens is 286 g/mol. The number of hydrogen-bond donors (Lipinski definition) is 3. The van der Waals surface area contributed by atoms with E-state index in [1.807, 2.05) is 12.1 Å². The smallest absolute Gasteiger partial charge is 0.253 e. The van der Waals surface area contributed by atoms with Crippen LogP contribution < -0.4 is 16.6 Å². The lowest BCUT2D eigenvalue weighted by Crippen LogP contribution is -2.35. The Bertz CT molecular complexity index is 678. The molecule has 2 aromatic heterocycles. The monoisotopic (exact) mass is 305 g/mol. The first-order chi connectivity index (χ1) is 9.83. The van der Waals surface area contributed by atoms with E-state index in [1.165, 1.54) is 17.8 Å². The molecule has 0 aliphatic heterocycles. The largest absolute Gasteiger partial charge is 0.383 e. The van der Waals surface area contributed by atoms with E-state index in [4.69, 9.17) is 5.73 Å². The summed E-state index contributed by atoms with van der Waals surface area (Å²) in [6, 6.07) is 5.14. The summed E-state index contributed by atoms with van der Waals surface area (Å²) in [5.74, 6) is 0.201. The molecule has 21 heavy (non-hydrogen) atoms. The van der Waals surface area contributed by atoms with Gasteiger partial charge in [-0.2, -0.15) is 0 Å². The number of nitrogens with one attached hydrogen (secondary N) is 2. The lowest BCUT2D eigenvalue weighted by molar-refractivity contribution is 0.422. The number of pyridine rings is 1. The van der Waals surface area contributed by atoms with E-state index in [0.29, 0.717) is 11.7 Å². The number of nitrogen functional groups attached to an aromatic ring is 1. The van der Waals surface area contributed by atoms with Crippen molar-refractivity contribution in [2.75, 3.05) is 5.73 Å². The molecule has 4 N–H and O–H groups in total. The highest BCUT2D eigenvalue weighted by atomic mass is 32.2. The minimum atomic E-state index is -0.268. The Kier molecular flexibility index (Phi) is 4.64. The number of anilines is 1. The lowest BCUT2D eigenvalue weighted by atomic mass is 10.1. The number of aromatic nitrogens is 3. The molecule has 0 aliphatic rings. The molecule has 0 spiro atoms. The van der Waals surface area contributed by atoms with Gasteiger partial charge in [0.1, 0.15) is 10.8 Å². The van der Waals surface area contributed by atoms with Crippen molar-refractivity contribution in [3.8, 4) is 0 Å². The molecule has 0 saturated heterocycles. The first kappa shape index (κ1) is 15.5. The summed E-state index contributed by atoms with van der Waals surface area (Å²) in [5.41, 5.74) is 6.38. The molecule has 0 atom stereocenters. The van der Waals surface area contributed by atoms with Crippen LogP contribution in [-0.4, -0.2) is 20.5 Å². The van der Waals surface area contributed by atoms with Crippen LogP contribution >= 0.6 is 11.8 Å². The second kappa shape index (κ2) is 6.28. The zero-order valence-electron chi connectivity index (χ0n) is 12.3. The fourth-order valence-electron chi connectivity index (χ4n) is 1.60. The second-order valence-corrected chi connectivity index (χ2v) is 6.63. The maximum absolute atomic E-state index is 11.4. The topological polar surface area (TPSA) is 96.7 Å². The van der Waals surface area contributed by atoms with Crippen molar-refractivity contribution >= 4 is 17.6 Å². The average Bonchev–Trinajstić information content (AvgIpc) is 2.35. The van der Waals surface area contributed by atoms with Crippen molar-refractivity contribution in [3.05, 3.63) is 40.3 Å². The van der Waals surface area contributed by atoms with E-state index in [2.05, 4.69) is 41.0 Å². The van der Waals surface area contributed by atoms with E-state index in [-0.39, 0.29) is 16.9 Å². The molecule has 0 aromatic carbocycles. The first-order valence-electron chi connectivity index (χ1n) is 6.57. The van der Waals surface area contributed by atoms with Gasteiger partial charge in [-0.15, -0.1) is 0 Å². The van der Waals surface area contributed by atoms with Crippen LogP contribution in [0.2, 0.25) is 0 Å². The van der Waals surface area contributed by atoms with Crippen molar-refractivity contribution in [2.45, 2.75) is 43.0 Å². The summed E-state index contributed by atoms with van der Waals surface area (Å²) in [4.78, 5) is 22.5. The van der Waals surface area contributed by atoms with Gasteiger partial charge in [0.05, 0.1) is 0 Å². The second-order valence-electron chi connectivity index (χ2n) is 5.65. The molecular formula is C14H19N5OS. The van der Waals surface area contributed by atoms with Crippen LogP contribution in [0.1, 0.15) is 26.3 Å². The molecule has 2 aromatic rings. The van der Waals surface area contributed by atoms with Crippen LogP contribution in [0.3, 0.4) is 0 Å². The Balaban J connectivity index is 2.21. The van der Waals surface area contributed by atoms with Crippen LogP contribution in [-0.2, 0) is 6.54 Å². The molecule has 0 radical (unpaired) electrons. The molecule has 112 valence electrons. The normalized spacial score (nSPS) is 11.6. The first-order valence-corrected chi connectivity index (χ1v) is 7.39. The van der Waals surface area contributed by atoms with Crippen LogP contribution in [0.15, 0.2) is 39.4 Å². The maximum atomic E-state index is 11.4. The van der Waals surface area contributed by atoms with Crippen molar-refractivity contribution in [2.24, 2.45) is 0 Å². The number of hydrogen-bond acceptors (Lipinski definition) is 6. The highest BCUT2D eigenvalue weighted by Crippen LogP contribution is 2.25. The SMILES string of the molecule is CC(C)(C)NCc1cccnc1Sc1nc(N)cc(=O)[nH]1. The summed E-state index contributed by atoms with van der Waals surface area (Å²) in [6.07, 6.45) is 1.72. The van der Waals surface area contributed by atoms with Crippen LogP contribution in [0.4, 0.5) is 5.82 Å². The molecule has 0 saturated carbocycles. The highest BCUT2D eigenvalue weighted by Gasteiger charge is 2.12. The van der Waals surface area contributed by atoms with E-state index < -0.39 is 0 Å². The van der Waals surface area contributed by atoms with Gasteiger partial charge in [-0.1, -0.05) is 6.07 Å². The van der Waals surface area contributed by atoms with Gasteiger partial charge >= 0.3 is 0 Å². The molecule has 2 rings (SSSR count). The van der Waals surface area contributed by atoms with Crippen molar-refractivity contribution in [3.63, 3.8) is 0 Å². The predicted octanol–water partition coefficient (Wildman–Crippen LogP) is 1.79. The molecule has 6 nitrogen and oxygen atoms in total. The Hall–Kier alpha value is -1.86. The molecule has 0 fully saturated rings. The number of nitrogens with zero attached hydrogens (tertiary/aromatic N) is 2. The fourth-order valence-corrected chi connectivity index (χ4v) is 2.47. The van der Waals surface area contributed by atoms with Crippen LogP contribution in [0.5, 0.6) is 0 Å². The van der Waals surface area contributed by atoms with Gasteiger partial charge in [-0.25, -0.2) is 9.97 Å². The zero-order chi connectivity index (χ0) is 15.5. The van der Waals surface area contributed by atoms with Crippen molar-refractivity contribution in [1.29, 1.82) is 0 Å². The molecule has 0 aliphatic carbocycles. The van der Waals surface area contributed by atoms with Gasteiger partial charge in [0, 0.05) is 24.3 Å². The van der Waals surface area contributed by atoms with Crippen LogP contribution in [0.25, 0.3) is 0 Å². The number of rotatable bonds is 4. The third-order valence-corrected chi connectivity index (χ3v) is 3.54. The van der Waals surface area contributed by atoms with Gasteiger partial charge in [0.2, 0.25) is 0 Å². The number of H-pyrrole nitrogens is 1. The Morgan fingerprint density at radius 1 is 1.43 bits per heavy atom. The standard InChI is InChI=1S/C14H19N5OS/c1-14(2,3)17-8-9-5-4-6-16-12(9)21-13-18-10(15)7-11(20)19-13/h4-7,17H,8H2,1-3H3,(H3,15,18,19,20). The molecule has 0 amide bonds. The Morgan fingerprint density at radius 2 is 2.19 bits per heavy atom. The average molecular weight is 305 g/mol. The highest BCUT2D eigenvalue weighted by molar-refractivity contribution is 7.99. The minimum Gasteiger partial charge on any atom is -0.383 e. The predicted molar refractivity (Wildman–Crippen MR) is 84.2 cm³/mol.